The molecule has 0 saturated carbocycles. The number of nitrogens with one attached hydrogen (secondary N) is 1. The smallest absolute Gasteiger partial charge is 0.411 e. The van der Waals surface area contributed by atoms with E-state index in [9.17, 15) is 14.0 Å². The Morgan fingerprint density at radius 3 is 2.51 bits per heavy atom. The summed E-state index contributed by atoms with van der Waals surface area (Å²) in [5.74, 6) is -0.553. The average Bonchev–Trinajstić information content (AvgIpc) is 3.36. The van der Waals surface area contributed by atoms with Crippen LogP contribution < -0.4 is 14.8 Å². The van der Waals surface area contributed by atoms with Gasteiger partial charge >= 0.3 is 6.09 Å². The monoisotopic (exact) mass is 577 g/mol. The van der Waals surface area contributed by atoms with Crippen LogP contribution in [0.1, 0.15) is 16.2 Å². The van der Waals surface area contributed by atoms with Gasteiger partial charge in [0.25, 0.3) is 5.91 Å². The van der Waals surface area contributed by atoms with E-state index in [2.05, 4.69) is 30.2 Å². The molecule has 41 heavy (non-hydrogen) atoms. The topological polar surface area (TPSA) is 142 Å². The lowest BCUT2D eigenvalue weighted by atomic mass is 10.1. The van der Waals surface area contributed by atoms with Crippen LogP contribution in [-0.4, -0.2) is 76.2 Å². The van der Waals surface area contributed by atoms with Gasteiger partial charge < -0.3 is 19.1 Å². The van der Waals surface area contributed by atoms with Gasteiger partial charge in [-0.05, 0) is 24.6 Å². The summed E-state index contributed by atoms with van der Waals surface area (Å²) >= 11 is 1.37. The molecule has 1 N–H and O–H groups in total. The predicted molar refractivity (Wildman–Crippen MR) is 150 cm³/mol. The van der Waals surface area contributed by atoms with Crippen LogP contribution in [0.2, 0.25) is 0 Å². The Bertz CT molecular complexity index is 1760. The first-order valence-electron chi connectivity index (χ1n) is 12.2. The lowest BCUT2D eigenvalue weighted by molar-refractivity contribution is 0.0816. The van der Waals surface area contributed by atoms with Crippen LogP contribution in [-0.2, 0) is 4.74 Å². The average molecular weight is 578 g/mol. The first-order chi connectivity index (χ1) is 19.7. The fourth-order valence-electron chi connectivity index (χ4n) is 3.81. The lowest BCUT2D eigenvalue weighted by Gasteiger charge is -2.10. The molecule has 3 aromatic heterocycles. The second-order valence-corrected chi connectivity index (χ2v) is 10.00. The molecule has 210 valence electrons. The number of thiazole rings is 1. The molecule has 0 bridgehead atoms. The number of anilines is 1. The second kappa shape index (κ2) is 11.6. The van der Waals surface area contributed by atoms with Crippen molar-refractivity contribution in [2.24, 2.45) is 0 Å². The summed E-state index contributed by atoms with van der Waals surface area (Å²) in [6, 6.07) is 6.73. The lowest BCUT2D eigenvalue weighted by Crippen LogP contribution is -2.24. The number of hydrogen-bond acceptors (Lipinski definition) is 11. The van der Waals surface area contributed by atoms with Crippen LogP contribution in [0.5, 0.6) is 11.6 Å². The molecule has 0 aliphatic rings. The van der Waals surface area contributed by atoms with E-state index in [0.717, 1.165) is 11.1 Å². The molecule has 3 heterocycles. The van der Waals surface area contributed by atoms with Gasteiger partial charge in [0.2, 0.25) is 11.7 Å². The fraction of sp³-hybridized carbons (Fsp3) is 0.222. The van der Waals surface area contributed by atoms with Crippen molar-refractivity contribution in [3.05, 3.63) is 60.1 Å². The minimum absolute atomic E-state index is 0.00375. The molecule has 12 nitrogen and oxygen atoms in total. The van der Waals surface area contributed by atoms with E-state index in [1.165, 1.54) is 41.8 Å². The minimum atomic E-state index is -0.780. The number of rotatable bonds is 8. The van der Waals surface area contributed by atoms with Crippen molar-refractivity contribution in [2.75, 3.05) is 39.7 Å². The van der Waals surface area contributed by atoms with Crippen molar-refractivity contribution in [3.8, 4) is 22.2 Å². The van der Waals surface area contributed by atoms with Gasteiger partial charge in [0.15, 0.2) is 11.6 Å². The van der Waals surface area contributed by atoms with Crippen molar-refractivity contribution in [2.45, 2.75) is 6.92 Å². The standard InChI is InChI=1S/C27H24FN7O5S/c1-14-7-16(23-19(8-14)33-22(38-4)13-29-23)25-34-18-9-17(28)20(10-21(18)41-25)39-5-6-40-27(37)32-15-11-30-24(31-12-15)26(36)35(2)3/h7-13H,5-6H2,1-4H3,(H,32,37). The highest BCUT2D eigenvalue weighted by Gasteiger charge is 2.16. The summed E-state index contributed by atoms with van der Waals surface area (Å²) in [6.45, 7) is 1.71. The minimum Gasteiger partial charge on any atom is -0.487 e. The van der Waals surface area contributed by atoms with E-state index >= 15 is 0 Å². The number of ether oxygens (including phenoxy) is 3. The molecule has 5 rings (SSSR count). The molecule has 0 saturated heterocycles. The Hall–Kier alpha value is -4.98. The number of nitrogens with zero attached hydrogens (tertiary/aromatic N) is 6. The number of carbonyl (C=O) groups is 2. The fourth-order valence-corrected chi connectivity index (χ4v) is 4.80. The maximum absolute atomic E-state index is 14.8. The Kier molecular flexibility index (Phi) is 7.83. The number of aryl methyl sites for hydroxylation is 1. The first-order valence-corrected chi connectivity index (χ1v) is 13.1. The zero-order chi connectivity index (χ0) is 29.1. The number of hydrogen-bond donors (Lipinski definition) is 1. The summed E-state index contributed by atoms with van der Waals surface area (Å²) in [7, 11) is 4.69. The van der Waals surface area contributed by atoms with Gasteiger partial charge in [-0.2, -0.15) is 0 Å². The molecule has 2 amide bonds. The Morgan fingerprint density at radius 1 is 1.00 bits per heavy atom. The largest absolute Gasteiger partial charge is 0.487 e. The third-order valence-electron chi connectivity index (χ3n) is 5.72. The van der Waals surface area contributed by atoms with E-state index in [0.29, 0.717) is 32.1 Å². The number of methoxy groups -OCH3 is 1. The molecule has 0 radical (unpaired) electrons. The zero-order valence-corrected chi connectivity index (χ0v) is 23.3. The maximum atomic E-state index is 14.8. The predicted octanol–water partition coefficient (Wildman–Crippen LogP) is 4.48. The van der Waals surface area contributed by atoms with Crippen LogP contribution in [0.4, 0.5) is 14.9 Å². The summed E-state index contributed by atoms with van der Waals surface area (Å²) in [4.78, 5) is 46.7. The van der Waals surface area contributed by atoms with Crippen molar-refractivity contribution in [1.29, 1.82) is 0 Å². The highest BCUT2D eigenvalue weighted by molar-refractivity contribution is 7.21. The number of aromatic nitrogens is 5. The van der Waals surface area contributed by atoms with Crippen LogP contribution >= 0.6 is 11.3 Å². The Morgan fingerprint density at radius 2 is 1.78 bits per heavy atom. The molecule has 0 aliphatic heterocycles. The van der Waals surface area contributed by atoms with Gasteiger partial charge in [0.1, 0.15) is 18.2 Å². The Balaban J connectivity index is 1.22. The summed E-state index contributed by atoms with van der Waals surface area (Å²) < 4.78 is 31.3. The van der Waals surface area contributed by atoms with Crippen molar-refractivity contribution >= 4 is 50.3 Å². The molecule has 0 atom stereocenters. The second-order valence-electron chi connectivity index (χ2n) is 8.97. The quantitative estimate of drug-likeness (QED) is 0.262. The summed E-state index contributed by atoms with van der Waals surface area (Å²) in [6.07, 6.45) is 3.34. The Labute approximate surface area is 237 Å². The van der Waals surface area contributed by atoms with Crippen molar-refractivity contribution in [1.82, 2.24) is 29.8 Å². The first kappa shape index (κ1) is 27.6. The maximum Gasteiger partial charge on any atom is 0.411 e. The number of amides is 2. The highest BCUT2D eigenvalue weighted by Crippen LogP contribution is 2.37. The summed E-state index contributed by atoms with van der Waals surface area (Å²) in [5.41, 5.74) is 3.80. The number of fused-ring (bicyclic) bond motifs is 2. The van der Waals surface area contributed by atoms with Gasteiger partial charge in [0.05, 0.1) is 52.6 Å². The van der Waals surface area contributed by atoms with E-state index < -0.39 is 11.9 Å². The number of carbonyl (C=O) groups excluding carboxylic acids is 2. The van der Waals surface area contributed by atoms with Crippen LogP contribution in [0.3, 0.4) is 0 Å². The van der Waals surface area contributed by atoms with E-state index in [4.69, 9.17) is 14.2 Å². The third-order valence-corrected chi connectivity index (χ3v) is 6.77. The highest BCUT2D eigenvalue weighted by atomic mass is 32.1. The van der Waals surface area contributed by atoms with Gasteiger partial charge in [-0.3, -0.25) is 10.1 Å². The van der Waals surface area contributed by atoms with Crippen molar-refractivity contribution < 1.29 is 28.2 Å². The van der Waals surface area contributed by atoms with Crippen molar-refractivity contribution in [3.63, 3.8) is 0 Å². The SMILES string of the molecule is COc1cnc2c(-c3nc4cc(F)c(OCCOC(=O)Nc5cnc(C(=O)N(C)C)nc5)cc4s3)cc(C)cc2n1. The molecule has 0 fully saturated rings. The van der Waals surface area contributed by atoms with Gasteiger partial charge in [-0.1, -0.05) is 0 Å². The van der Waals surface area contributed by atoms with E-state index in [-0.39, 0.29) is 36.4 Å². The van der Waals surface area contributed by atoms with Gasteiger partial charge in [-0.15, -0.1) is 11.3 Å². The summed E-state index contributed by atoms with van der Waals surface area (Å²) in [5, 5.41) is 3.11. The zero-order valence-electron chi connectivity index (χ0n) is 22.5. The molecule has 14 heteroatoms. The van der Waals surface area contributed by atoms with Crippen LogP contribution in [0.25, 0.3) is 31.8 Å². The molecular weight excluding hydrogens is 553 g/mol. The molecule has 0 spiro atoms. The molecule has 0 aliphatic carbocycles. The molecule has 2 aromatic carbocycles. The van der Waals surface area contributed by atoms with Gasteiger partial charge in [0, 0.05) is 31.8 Å². The normalized spacial score (nSPS) is 11.0. The van der Waals surface area contributed by atoms with E-state index in [1.54, 1.807) is 26.4 Å². The molecular formula is C27H24FN7O5S. The number of benzene rings is 2. The van der Waals surface area contributed by atoms with Crippen LogP contribution in [0, 0.1) is 12.7 Å². The number of halogens is 1. The van der Waals surface area contributed by atoms with Crippen LogP contribution in [0.15, 0.2) is 42.9 Å². The molecule has 5 aromatic rings. The molecule has 0 unspecified atom stereocenters. The third kappa shape index (κ3) is 6.11. The van der Waals surface area contributed by atoms with E-state index in [1.807, 2.05) is 19.1 Å². The van der Waals surface area contributed by atoms with Gasteiger partial charge in [-0.25, -0.2) is 34.1 Å².